The molecule has 4 fully saturated rings. The summed E-state index contributed by atoms with van der Waals surface area (Å²) in [6, 6.07) is 13.2. The number of sulfonamides is 1. The molecule has 5 atom stereocenters. The van der Waals surface area contributed by atoms with Crippen LogP contribution < -0.4 is 25.4 Å². The van der Waals surface area contributed by atoms with E-state index < -0.39 is 68.9 Å². The largest absolute Gasteiger partial charge is 0.488 e. The minimum Gasteiger partial charge on any atom is -0.488 e. The van der Waals surface area contributed by atoms with Crippen LogP contribution in [0.3, 0.4) is 0 Å². The first-order valence-corrected chi connectivity index (χ1v) is 24.5. The van der Waals surface area contributed by atoms with Crippen molar-refractivity contribution in [2.45, 2.75) is 133 Å². The molecular weight excluding hydrogens is 855 g/mol. The number of nitrogens with one attached hydrogen (secondary N) is 4. The highest BCUT2D eigenvalue weighted by Crippen LogP contribution is 2.45. The van der Waals surface area contributed by atoms with Gasteiger partial charge in [-0.25, -0.2) is 27.9 Å². The summed E-state index contributed by atoms with van der Waals surface area (Å²) in [5.74, 6) is -2.24. The number of anilines is 1. The quantitative estimate of drug-likeness (QED) is 0.0949. The zero-order chi connectivity index (χ0) is 45.4. The number of ether oxygens (including phenoxy) is 2. The maximum Gasteiger partial charge on any atom is 0.408 e. The van der Waals surface area contributed by atoms with Crippen molar-refractivity contribution < 1.29 is 37.1 Å². The Morgan fingerprint density at radius 1 is 0.953 bits per heavy atom. The normalized spacial score (nSPS) is 23.1. The Labute approximate surface area is 378 Å². The van der Waals surface area contributed by atoms with Gasteiger partial charge in [-0.05, 0) is 87.1 Å². The SMILES string of the molecule is C=C[C@@H]1C[C@]1(NC(=O)[C@@H]1C[C@@H](Oc2cc(-c3csc(NC4CCCC4)n3)nc3cc(C)ccc23)CN1C(=O)[C@@H](NC(=O)OC1CCCC1)C(C)(C)C)C(=O)NS(=O)(=O)c1ccccc1. The van der Waals surface area contributed by atoms with Gasteiger partial charge >= 0.3 is 6.09 Å². The minimum atomic E-state index is -4.29. The van der Waals surface area contributed by atoms with Crippen LogP contribution in [0.2, 0.25) is 0 Å². The van der Waals surface area contributed by atoms with Crippen molar-refractivity contribution in [1.82, 2.24) is 30.2 Å². The Balaban J connectivity index is 1.09. The second-order valence-electron chi connectivity index (χ2n) is 18.7. The second kappa shape index (κ2) is 18.1. The number of alkyl carbamates (subject to hydrolysis) is 1. The summed E-state index contributed by atoms with van der Waals surface area (Å²) in [6.07, 6.45) is 7.90. The number of pyridine rings is 1. The van der Waals surface area contributed by atoms with E-state index in [9.17, 15) is 27.6 Å². The van der Waals surface area contributed by atoms with Gasteiger partial charge in [-0.15, -0.1) is 17.9 Å². The zero-order valence-corrected chi connectivity index (χ0v) is 38.4. The molecule has 64 heavy (non-hydrogen) atoms. The van der Waals surface area contributed by atoms with Gasteiger partial charge in [0.15, 0.2) is 5.13 Å². The molecule has 0 spiro atoms. The Hall–Kier alpha value is -5.55. The maximum absolute atomic E-state index is 14.9. The standard InChI is InChI=1S/C47H57N7O8S2/c1-6-29-25-47(29,43(57)53-64(59,60)33-18-8-7-9-19-33)52-41(55)38-23-32(26-54(38)42(56)40(46(3,4)5)51-45(58)62-31-16-12-13-17-31)61-39-24-36(49-35-22-28(2)20-21-34(35)39)37-27-63-44(50-37)48-30-14-10-11-15-30/h6-9,18-22,24,27,29-32,38,40H,1,10-17,23,25-26H2,2-5H3,(H,48,50)(H,51,58)(H,52,55)(H,53,57)/t29-,32-,38+,40-,47-/m1/s1. The van der Waals surface area contributed by atoms with Crippen molar-refractivity contribution in [3.05, 3.63) is 78.2 Å². The molecule has 4 aromatic rings. The van der Waals surface area contributed by atoms with Crippen molar-refractivity contribution >= 4 is 61.2 Å². The van der Waals surface area contributed by atoms with Gasteiger partial charge in [-0.3, -0.25) is 14.4 Å². The highest BCUT2D eigenvalue weighted by molar-refractivity contribution is 7.90. The third-order valence-electron chi connectivity index (χ3n) is 12.8. The molecule has 3 heterocycles. The number of rotatable bonds is 14. The van der Waals surface area contributed by atoms with Crippen LogP contribution in [-0.4, -0.2) is 89.5 Å². The summed E-state index contributed by atoms with van der Waals surface area (Å²) >= 11 is 1.52. The summed E-state index contributed by atoms with van der Waals surface area (Å²) in [6.45, 7) is 11.2. The summed E-state index contributed by atoms with van der Waals surface area (Å²) in [5.41, 5.74) is 0.501. The molecule has 0 radical (unpaired) electrons. The van der Waals surface area contributed by atoms with E-state index >= 15 is 0 Å². The maximum atomic E-state index is 14.9. The first-order chi connectivity index (χ1) is 30.5. The molecular formula is C47H57N7O8S2. The van der Waals surface area contributed by atoms with Gasteiger partial charge in [-0.2, -0.15) is 0 Å². The molecule has 8 rings (SSSR count). The fraction of sp³-hybridized carbons (Fsp3) is 0.489. The number of amides is 4. The van der Waals surface area contributed by atoms with E-state index in [2.05, 4.69) is 27.3 Å². The molecule has 1 aliphatic heterocycles. The topological polar surface area (TPSA) is 198 Å². The lowest BCUT2D eigenvalue weighted by Gasteiger charge is -2.35. The summed E-state index contributed by atoms with van der Waals surface area (Å²) in [4.78, 5) is 68.0. The van der Waals surface area contributed by atoms with Crippen LogP contribution in [0.5, 0.6) is 5.75 Å². The number of benzene rings is 2. The molecule has 4 aliphatic rings. The third kappa shape index (κ3) is 9.75. The second-order valence-corrected chi connectivity index (χ2v) is 21.2. The van der Waals surface area contributed by atoms with E-state index in [0.29, 0.717) is 28.7 Å². The van der Waals surface area contributed by atoms with Gasteiger partial charge in [0.05, 0.1) is 22.7 Å². The van der Waals surface area contributed by atoms with Gasteiger partial charge in [0.1, 0.15) is 41.3 Å². The van der Waals surface area contributed by atoms with Crippen LogP contribution in [0.4, 0.5) is 9.93 Å². The molecule has 1 saturated heterocycles. The van der Waals surface area contributed by atoms with Gasteiger partial charge in [0.2, 0.25) is 11.8 Å². The van der Waals surface area contributed by atoms with E-state index in [1.54, 1.807) is 18.2 Å². The monoisotopic (exact) mass is 911 g/mol. The van der Waals surface area contributed by atoms with E-state index in [-0.39, 0.29) is 30.4 Å². The summed E-state index contributed by atoms with van der Waals surface area (Å²) in [5, 5.41) is 12.7. The Morgan fingerprint density at radius 3 is 2.36 bits per heavy atom. The molecule has 2 aromatic heterocycles. The highest BCUT2D eigenvalue weighted by atomic mass is 32.2. The van der Waals surface area contributed by atoms with Crippen molar-refractivity contribution in [3.8, 4) is 17.1 Å². The number of nitrogens with zero attached hydrogens (tertiary/aromatic N) is 3. The summed E-state index contributed by atoms with van der Waals surface area (Å²) in [7, 11) is -4.29. The van der Waals surface area contributed by atoms with Gasteiger partial charge < -0.3 is 30.3 Å². The molecule has 4 N–H and O–H groups in total. The molecule has 2 aromatic carbocycles. The fourth-order valence-corrected chi connectivity index (χ4v) is 11.0. The van der Waals surface area contributed by atoms with E-state index in [4.69, 9.17) is 19.4 Å². The average Bonchev–Trinajstić information content (AvgIpc) is 3.90. The number of hydrogen-bond donors (Lipinski definition) is 4. The lowest BCUT2D eigenvalue weighted by atomic mass is 9.85. The molecule has 340 valence electrons. The van der Waals surface area contributed by atoms with Crippen molar-refractivity contribution in [3.63, 3.8) is 0 Å². The number of carbonyl (C=O) groups excluding carboxylic acids is 4. The number of aromatic nitrogens is 2. The number of likely N-dealkylation sites (tertiary alicyclic amines) is 1. The predicted octanol–water partition coefficient (Wildman–Crippen LogP) is 7.02. The molecule has 15 nitrogen and oxygen atoms in total. The smallest absolute Gasteiger partial charge is 0.408 e. The highest BCUT2D eigenvalue weighted by Gasteiger charge is 2.61. The van der Waals surface area contributed by atoms with Gasteiger partial charge in [-0.1, -0.05) is 64.0 Å². The number of carbonyl (C=O) groups is 4. The number of thiazole rings is 1. The van der Waals surface area contributed by atoms with Crippen LogP contribution in [0.1, 0.15) is 90.5 Å². The van der Waals surface area contributed by atoms with Crippen molar-refractivity contribution in [2.75, 3.05) is 11.9 Å². The zero-order valence-electron chi connectivity index (χ0n) is 36.7. The van der Waals surface area contributed by atoms with E-state index in [1.807, 2.05) is 57.3 Å². The lowest BCUT2D eigenvalue weighted by Crippen LogP contribution is -2.60. The molecule has 0 bridgehead atoms. The fourth-order valence-electron chi connectivity index (χ4n) is 9.12. The molecule has 0 unspecified atom stereocenters. The Bertz CT molecular complexity index is 2530. The number of fused-ring (bicyclic) bond motifs is 1. The third-order valence-corrected chi connectivity index (χ3v) is 14.9. The number of aryl methyl sites for hydroxylation is 1. The Morgan fingerprint density at radius 2 is 1.67 bits per heavy atom. The van der Waals surface area contributed by atoms with Crippen LogP contribution >= 0.6 is 11.3 Å². The molecule has 4 amide bonds. The molecule has 3 saturated carbocycles. The van der Waals surface area contributed by atoms with Gasteiger partial charge in [0.25, 0.3) is 15.9 Å². The lowest BCUT2D eigenvalue weighted by molar-refractivity contribution is -0.143. The van der Waals surface area contributed by atoms with Crippen LogP contribution in [0, 0.1) is 18.3 Å². The van der Waals surface area contributed by atoms with Crippen LogP contribution in [0.25, 0.3) is 22.3 Å². The van der Waals surface area contributed by atoms with Crippen molar-refractivity contribution in [2.24, 2.45) is 11.3 Å². The predicted molar refractivity (Wildman–Crippen MR) is 244 cm³/mol. The van der Waals surface area contributed by atoms with E-state index in [0.717, 1.165) is 54.6 Å². The first kappa shape index (κ1) is 45.0. The minimum absolute atomic E-state index is 0.0108. The Kier molecular flexibility index (Phi) is 12.8. The first-order valence-electron chi connectivity index (χ1n) is 22.2. The van der Waals surface area contributed by atoms with E-state index in [1.165, 1.54) is 47.3 Å². The molecule has 3 aliphatic carbocycles. The molecule has 17 heteroatoms. The van der Waals surface area contributed by atoms with Crippen molar-refractivity contribution in [1.29, 1.82) is 0 Å². The van der Waals surface area contributed by atoms with Crippen LogP contribution in [-0.2, 0) is 29.1 Å². The average molecular weight is 912 g/mol. The van der Waals surface area contributed by atoms with Gasteiger partial charge in [0, 0.05) is 35.2 Å². The van der Waals surface area contributed by atoms with Crippen LogP contribution in [0.15, 0.2) is 77.5 Å². The summed E-state index contributed by atoms with van der Waals surface area (Å²) < 4.78 is 41.2. The number of hydrogen-bond acceptors (Lipinski definition) is 12.